The smallest absolute Gasteiger partial charge is 0.417 e. The number of hydrogen-bond donors (Lipinski definition) is 3. The molecule has 77 heavy (non-hydrogen) atoms. The molecule has 0 aliphatic carbocycles. The number of fused-ring (bicyclic) bond motifs is 2. The third-order valence-corrected chi connectivity index (χ3v) is 13.8. The van der Waals surface area contributed by atoms with Crippen LogP contribution in [0.2, 0.25) is 0 Å². The second kappa shape index (κ2) is 19.7. The third-order valence-electron chi connectivity index (χ3n) is 13.8. The number of pyridine rings is 2. The Labute approximate surface area is 438 Å². The standard InChI is InChI=1S/C29H29FN6O6.C24H21FN6O4/c1-28(2,3)42-27(39)35-13-21-25(26(35)38)22(11-20(32-21)24-17(12-31)5-4-6-19(24)30)36-9-7-23(33-36)34-10-8-29(16-34)40-14-18(37)15-41-29;25-16-3-1-2-14(9-26)21(16)17-8-19(22-18(28-17)10-27-23(22)33)31-6-4-20(29-31)30-7-5-24(13-30)34-11-15(32)12-35-24/h4-7,9,11,18,37H,8,10,13-16H2,1-3H3;1-4,6,8,15,32H,5,7,10-13H2,(H,27,33). The van der Waals surface area contributed by atoms with Gasteiger partial charge in [0.2, 0.25) is 0 Å². The van der Waals surface area contributed by atoms with Gasteiger partial charge in [-0.05, 0) is 57.2 Å². The summed E-state index contributed by atoms with van der Waals surface area (Å²) in [6.07, 6.45) is 2.47. The van der Waals surface area contributed by atoms with Crippen molar-refractivity contribution in [3.05, 3.63) is 118 Å². The van der Waals surface area contributed by atoms with Gasteiger partial charge in [0.25, 0.3) is 11.8 Å². The number of carbonyl (C=O) groups is 3. The number of aliphatic hydroxyl groups is 2. The number of rotatable bonds is 6. The van der Waals surface area contributed by atoms with E-state index in [4.69, 9.17) is 28.8 Å². The molecule has 396 valence electrons. The Morgan fingerprint density at radius 3 is 1.69 bits per heavy atom. The van der Waals surface area contributed by atoms with E-state index in [1.165, 1.54) is 47.1 Å². The Hall–Kier alpha value is -8.23. The van der Waals surface area contributed by atoms with E-state index in [1.807, 2.05) is 28.0 Å². The first-order valence-electron chi connectivity index (χ1n) is 24.8. The number of ether oxygens (including phenoxy) is 5. The van der Waals surface area contributed by atoms with Crippen molar-refractivity contribution in [2.45, 2.75) is 76.1 Å². The number of imide groups is 1. The minimum Gasteiger partial charge on any atom is -0.443 e. The van der Waals surface area contributed by atoms with Crippen LogP contribution >= 0.6 is 0 Å². The zero-order chi connectivity index (χ0) is 54.0. The molecular formula is C53H50F2N12O10. The number of nitrogens with zero attached hydrogens (tertiary/aromatic N) is 11. The monoisotopic (exact) mass is 1050 g/mol. The van der Waals surface area contributed by atoms with Gasteiger partial charge in [0.15, 0.2) is 23.2 Å². The Morgan fingerprint density at radius 1 is 0.727 bits per heavy atom. The van der Waals surface area contributed by atoms with Crippen LogP contribution in [0.4, 0.5) is 25.2 Å². The van der Waals surface area contributed by atoms with Crippen molar-refractivity contribution in [3.63, 3.8) is 0 Å². The van der Waals surface area contributed by atoms with E-state index in [0.29, 0.717) is 67.6 Å². The highest BCUT2D eigenvalue weighted by Gasteiger charge is 2.46. The van der Waals surface area contributed by atoms with Gasteiger partial charge >= 0.3 is 6.09 Å². The van der Waals surface area contributed by atoms with Gasteiger partial charge in [-0.2, -0.15) is 20.7 Å². The molecule has 12 rings (SSSR count). The van der Waals surface area contributed by atoms with Gasteiger partial charge in [-0.25, -0.2) is 37.8 Å². The van der Waals surface area contributed by atoms with Crippen LogP contribution in [0.1, 0.15) is 76.8 Å². The van der Waals surface area contributed by atoms with Crippen molar-refractivity contribution in [2.75, 3.05) is 62.4 Å². The van der Waals surface area contributed by atoms with Crippen LogP contribution < -0.4 is 15.1 Å². The van der Waals surface area contributed by atoms with E-state index < -0.39 is 53.0 Å². The topological polar surface area (TPSA) is 269 Å². The normalized spacial score (nSPS) is 22.6. The fourth-order valence-corrected chi connectivity index (χ4v) is 10.1. The van der Waals surface area contributed by atoms with Crippen molar-refractivity contribution >= 4 is 29.5 Å². The number of halogens is 2. The average Bonchev–Trinajstić information content (AvgIpc) is 4.35. The number of amides is 3. The lowest BCUT2D eigenvalue weighted by molar-refractivity contribution is -0.280. The predicted octanol–water partition coefficient (Wildman–Crippen LogP) is 4.65. The van der Waals surface area contributed by atoms with Crippen LogP contribution in [0.5, 0.6) is 0 Å². The van der Waals surface area contributed by atoms with Gasteiger partial charge in [-0.15, -0.1) is 0 Å². The van der Waals surface area contributed by atoms with Crippen molar-refractivity contribution < 1.29 is 57.1 Å². The summed E-state index contributed by atoms with van der Waals surface area (Å²) in [6, 6.07) is 19.1. The third kappa shape index (κ3) is 9.71. The second-order valence-electron chi connectivity index (χ2n) is 20.3. The molecule has 2 aromatic carbocycles. The summed E-state index contributed by atoms with van der Waals surface area (Å²) in [4.78, 5) is 53.1. The number of benzene rings is 2. The average molecular weight is 1050 g/mol. The Bertz CT molecular complexity index is 3440. The fourth-order valence-electron chi connectivity index (χ4n) is 10.1. The lowest BCUT2D eigenvalue weighted by Gasteiger charge is -2.35. The summed E-state index contributed by atoms with van der Waals surface area (Å²) in [7, 11) is 0. The molecule has 0 radical (unpaired) electrons. The van der Waals surface area contributed by atoms with Crippen molar-refractivity contribution in [1.82, 2.24) is 39.7 Å². The second-order valence-corrected chi connectivity index (χ2v) is 20.3. The van der Waals surface area contributed by atoms with Gasteiger partial charge in [-0.1, -0.05) is 12.1 Å². The van der Waals surface area contributed by atoms with Crippen molar-refractivity contribution in [1.29, 1.82) is 10.5 Å². The number of nitrogens with one attached hydrogen (secondary N) is 1. The molecule has 2 spiro atoms. The molecular weight excluding hydrogens is 1000 g/mol. The number of hydrogen-bond acceptors (Lipinski definition) is 18. The first kappa shape index (κ1) is 50.9. The van der Waals surface area contributed by atoms with Gasteiger partial charge < -0.3 is 49.0 Å². The van der Waals surface area contributed by atoms with Gasteiger partial charge in [0.1, 0.15) is 29.4 Å². The van der Waals surface area contributed by atoms with Crippen LogP contribution in [-0.4, -0.2) is 145 Å². The van der Waals surface area contributed by atoms with Crippen LogP contribution in [-0.2, 0) is 36.8 Å². The molecule has 0 unspecified atom stereocenters. The molecule has 0 saturated carbocycles. The number of carbonyl (C=O) groups excluding carboxylic acids is 3. The van der Waals surface area contributed by atoms with Gasteiger partial charge in [-0.3, -0.25) is 9.59 Å². The van der Waals surface area contributed by atoms with Crippen molar-refractivity contribution in [3.8, 4) is 46.0 Å². The fraction of sp³-hybridized carbons (Fsp3) is 0.377. The molecule has 24 heteroatoms. The van der Waals surface area contributed by atoms with E-state index in [2.05, 4.69) is 20.4 Å². The number of anilines is 2. The maximum absolute atomic E-state index is 15.1. The van der Waals surface area contributed by atoms with E-state index in [0.717, 1.165) is 4.90 Å². The Balaban J connectivity index is 0.000000166. The molecule has 10 heterocycles. The predicted molar refractivity (Wildman–Crippen MR) is 265 cm³/mol. The maximum Gasteiger partial charge on any atom is 0.417 e. The number of aliphatic hydroxyl groups excluding tert-OH is 2. The van der Waals surface area contributed by atoms with Crippen molar-refractivity contribution in [2.24, 2.45) is 0 Å². The van der Waals surface area contributed by atoms with Crippen LogP contribution in [0.15, 0.2) is 73.1 Å². The molecule has 4 aromatic heterocycles. The molecule has 4 fully saturated rings. The van der Waals surface area contributed by atoms with Gasteiger partial charge in [0, 0.05) is 50.5 Å². The zero-order valence-electron chi connectivity index (χ0n) is 41.9. The SMILES string of the molecule is CC(C)(C)OC(=O)N1Cc2nc(-c3c(F)cccc3C#N)cc(-n3ccc(N4CCC5(C4)OCC(O)CO5)n3)c2C1=O.N#Cc1cccc(F)c1-c1cc(-n2ccc(N3CCC4(C3)OCC(O)CO4)n2)c2c(n1)CNC2=O. The minimum atomic E-state index is -0.837. The molecule has 0 bridgehead atoms. The quantitative estimate of drug-likeness (QED) is 0.205. The lowest BCUT2D eigenvalue weighted by Crippen LogP contribution is -2.48. The zero-order valence-corrected chi connectivity index (χ0v) is 41.9. The first-order valence-corrected chi connectivity index (χ1v) is 24.8. The summed E-state index contributed by atoms with van der Waals surface area (Å²) in [5.41, 5.74) is 1.73. The molecule has 3 N–H and O–H groups in total. The molecule has 0 atom stereocenters. The van der Waals surface area contributed by atoms with E-state index in [9.17, 15) is 39.5 Å². The highest BCUT2D eigenvalue weighted by atomic mass is 19.1. The number of nitriles is 2. The molecule has 6 aromatic rings. The summed E-state index contributed by atoms with van der Waals surface area (Å²) in [6.45, 7) is 8.00. The first-order chi connectivity index (χ1) is 36.9. The van der Waals surface area contributed by atoms with E-state index in [-0.39, 0.29) is 96.0 Å². The number of aromatic nitrogens is 6. The van der Waals surface area contributed by atoms with E-state index >= 15 is 4.39 Å². The molecule has 4 saturated heterocycles. The lowest BCUT2D eigenvalue weighted by atomic mass is 10.0. The molecule has 6 aliphatic rings. The summed E-state index contributed by atoms with van der Waals surface area (Å²) >= 11 is 0. The van der Waals surface area contributed by atoms with Crippen LogP contribution in [0, 0.1) is 34.3 Å². The molecule has 6 aliphatic heterocycles. The van der Waals surface area contributed by atoms with Crippen LogP contribution in [0.3, 0.4) is 0 Å². The molecule has 3 amide bonds. The van der Waals surface area contributed by atoms with E-state index in [1.54, 1.807) is 50.0 Å². The maximum atomic E-state index is 15.1. The summed E-state index contributed by atoms with van der Waals surface area (Å²) < 4.78 is 61.5. The van der Waals surface area contributed by atoms with Gasteiger partial charge in [0.05, 0.1) is 132 Å². The summed E-state index contributed by atoms with van der Waals surface area (Å²) in [5, 5.41) is 50.7. The minimum absolute atomic E-state index is 0.0186. The largest absolute Gasteiger partial charge is 0.443 e. The summed E-state index contributed by atoms with van der Waals surface area (Å²) in [5.74, 6) is -2.50. The Kier molecular flexibility index (Phi) is 13.0. The molecule has 22 nitrogen and oxygen atoms in total. The highest BCUT2D eigenvalue weighted by molar-refractivity contribution is 6.09. The van der Waals surface area contributed by atoms with Crippen LogP contribution in [0.25, 0.3) is 33.9 Å². The Morgan fingerprint density at radius 2 is 1.21 bits per heavy atom. The highest BCUT2D eigenvalue weighted by Crippen LogP contribution is 2.38.